The van der Waals surface area contributed by atoms with Gasteiger partial charge >= 0.3 is 6.03 Å². The first-order valence-electron chi connectivity index (χ1n) is 10.8. The molecule has 5 rings (SSSR count). The fourth-order valence-corrected chi connectivity index (χ4v) is 6.42. The number of benzene rings is 1. The fraction of sp³-hybridized carbons (Fsp3) is 0.591. The first-order valence-corrected chi connectivity index (χ1v) is 11.6. The summed E-state index contributed by atoms with van der Waals surface area (Å²) in [5, 5.41) is 4.18. The predicted molar refractivity (Wildman–Crippen MR) is 114 cm³/mol. The minimum absolute atomic E-state index is 0.0247. The van der Waals surface area contributed by atoms with E-state index in [4.69, 9.17) is 4.98 Å². The molecule has 1 aromatic carbocycles. The lowest BCUT2D eigenvalue weighted by atomic mass is 9.73. The molecule has 3 aliphatic rings. The highest BCUT2D eigenvalue weighted by Crippen LogP contribution is 2.40. The van der Waals surface area contributed by atoms with Gasteiger partial charge in [0, 0.05) is 6.54 Å². The summed E-state index contributed by atoms with van der Waals surface area (Å²) in [7, 11) is 0. The maximum atomic E-state index is 13.4. The maximum Gasteiger partial charge on any atom is 0.326 e. The topological polar surface area (TPSA) is 65.5 Å². The molecule has 1 saturated carbocycles. The summed E-state index contributed by atoms with van der Waals surface area (Å²) in [6.07, 6.45) is 7.16. The van der Waals surface area contributed by atoms with Crippen molar-refractivity contribution < 1.29 is 9.59 Å². The van der Waals surface area contributed by atoms with Gasteiger partial charge in [-0.15, -0.1) is 11.3 Å². The Hall–Kier alpha value is -1.99. The number of thiazole rings is 1. The molecule has 7 heteroatoms. The van der Waals surface area contributed by atoms with Gasteiger partial charge in [-0.05, 0) is 43.7 Å². The third-order valence-electron chi connectivity index (χ3n) is 7.03. The number of rotatable bonds is 3. The molecule has 2 aliphatic heterocycles. The molecule has 154 valence electrons. The van der Waals surface area contributed by atoms with Crippen LogP contribution >= 0.6 is 11.3 Å². The standard InChI is InChI=1S/C22H28N4O2S/c1-15-8-4-6-12-22(15)20(27)26(21(28)24-22)14-25-13-7-5-10-17(25)19-23-16-9-2-3-11-18(16)29-19/h2-3,9,11,15,17H,4-8,10,12-14H2,1H3,(H,24,28)/t15-,17+,22+/m0/s1. The molecule has 3 amide bonds. The van der Waals surface area contributed by atoms with Crippen LogP contribution in [-0.2, 0) is 4.79 Å². The van der Waals surface area contributed by atoms with Crippen LogP contribution < -0.4 is 5.32 Å². The summed E-state index contributed by atoms with van der Waals surface area (Å²) >= 11 is 1.73. The molecule has 6 nitrogen and oxygen atoms in total. The number of nitrogens with zero attached hydrogens (tertiary/aromatic N) is 3. The number of aromatic nitrogens is 1. The van der Waals surface area contributed by atoms with Crippen molar-refractivity contribution in [3.63, 3.8) is 0 Å². The van der Waals surface area contributed by atoms with Gasteiger partial charge in [0.1, 0.15) is 10.5 Å². The molecule has 0 radical (unpaired) electrons. The molecule has 2 aromatic rings. The third kappa shape index (κ3) is 3.15. The zero-order valence-corrected chi connectivity index (χ0v) is 17.7. The Balaban J connectivity index is 1.39. The monoisotopic (exact) mass is 412 g/mol. The molecular weight excluding hydrogens is 384 g/mol. The molecule has 3 heterocycles. The molecular formula is C22H28N4O2S. The molecule has 1 spiro atoms. The molecule has 3 fully saturated rings. The van der Waals surface area contributed by atoms with Gasteiger partial charge in [0.05, 0.1) is 22.9 Å². The zero-order chi connectivity index (χ0) is 20.0. The number of carbonyl (C=O) groups is 2. The molecule has 1 aromatic heterocycles. The van der Waals surface area contributed by atoms with Crippen LogP contribution in [-0.4, -0.2) is 45.5 Å². The van der Waals surface area contributed by atoms with Crippen molar-refractivity contribution in [1.82, 2.24) is 20.1 Å². The first kappa shape index (κ1) is 19.0. The summed E-state index contributed by atoms with van der Waals surface area (Å²) in [6, 6.07) is 8.16. The van der Waals surface area contributed by atoms with Gasteiger partial charge < -0.3 is 5.32 Å². The molecule has 1 aliphatic carbocycles. The number of urea groups is 1. The highest BCUT2D eigenvalue weighted by atomic mass is 32.1. The Morgan fingerprint density at radius 3 is 2.83 bits per heavy atom. The number of carbonyl (C=O) groups excluding carboxylic acids is 2. The van der Waals surface area contributed by atoms with Crippen LogP contribution in [0.2, 0.25) is 0 Å². The van der Waals surface area contributed by atoms with Crippen molar-refractivity contribution in [3.8, 4) is 0 Å². The molecule has 0 unspecified atom stereocenters. The van der Waals surface area contributed by atoms with E-state index in [1.807, 2.05) is 18.2 Å². The number of para-hydroxylation sites is 1. The number of nitrogens with one attached hydrogen (secondary N) is 1. The average Bonchev–Trinajstić information content (AvgIpc) is 3.26. The SMILES string of the molecule is C[C@H]1CCCC[C@@]12NC(=O)N(CN1CCCC[C@@H]1c1nc3ccccc3s1)C2=O. The second-order valence-corrected chi connectivity index (χ2v) is 9.83. The number of fused-ring (bicyclic) bond motifs is 1. The van der Waals surface area contributed by atoms with Gasteiger partial charge in [-0.2, -0.15) is 0 Å². The Morgan fingerprint density at radius 1 is 1.17 bits per heavy atom. The summed E-state index contributed by atoms with van der Waals surface area (Å²) in [6.45, 7) is 3.35. The van der Waals surface area contributed by atoms with Crippen molar-refractivity contribution in [1.29, 1.82) is 0 Å². The van der Waals surface area contributed by atoms with Crippen LogP contribution in [0.3, 0.4) is 0 Å². The van der Waals surface area contributed by atoms with Crippen LogP contribution in [0.25, 0.3) is 10.2 Å². The van der Waals surface area contributed by atoms with Crippen molar-refractivity contribution in [3.05, 3.63) is 29.3 Å². The van der Waals surface area contributed by atoms with Gasteiger partial charge in [0.25, 0.3) is 5.91 Å². The number of piperidine rings is 1. The minimum atomic E-state index is -0.684. The van der Waals surface area contributed by atoms with E-state index < -0.39 is 5.54 Å². The predicted octanol–water partition coefficient (Wildman–Crippen LogP) is 4.28. The molecule has 0 bridgehead atoms. The van der Waals surface area contributed by atoms with E-state index in [0.717, 1.165) is 62.0 Å². The van der Waals surface area contributed by atoms with Crippen LogP contribution in [0.15, 0.2) is 24.3 Å². The first-order chi connectivity index (χ1) is 14.1. The second kappa shape index (κ2) is 7.36. The highest BCUT2D eigenvalue weighted by Gasteiger charge is 2.55. The Bertz CT molecular complexity index is 911. The normalized spacial score (nSPS) is 31.0. The zero-order valence-electron chi connectivity index (χ0n) is 16.9. The van der Waals surface area contributed by atoms with Gasteiger partial charge in [0.2, 0.25) is 0 Å². The maximum absolute atomic E-state index is 13.4. The highest BCUT2D eigenvalue weighted by molar-refractivity contribution is 7.18. The van der Waals surface area contributed by atoms with Crippen molar-refractivity contribution in [2.75, 3.05) is 13.2 Å². The lowest BCUT2D eigenvalue weighted by Crippen LogP contribution is -2.54. The Morgan fingerprint density at radius 2 is 2.00 bits per heavy atom. The molecule has 2 saturated heterocycles. The van der Waals surface area contributed by atoms with Crippen LogP contribution in [0.5, 0.6) is 0 Å². The number of likely N-dealkylation sites (tertiary alicyclic amines) is 1. The summed E-state index contributed by atoms with van der Waals surface area (Å²) in [4.78, 5) is 34.8. The van der Waals surface area contributed by atoms with Crippen molar-refractivity contribution in [2.24, 2.45) is 5.92 Å². The Labute approximate surface area is 175 Å². The summed E-state index contributed by atoms with van der Waals surface area (Å²) in [5.41, 5.74) is 0.347. The molecule has 29 heavy (non-hydrogen) atoms. The van der Waals surface area contributed by atoms with Crippen LogP contribution in [0.1, 0.15) is 62.9 Å². The van der Waals surface area contributed by atoms with Gasteiger partial charge in [-0.3, -0.25) is 9.69 Å². The summed E-state index contributed by atoms with van der Waals surface area (Å²) < 4.78 is 1.19. The van der Waals surface area contributed by atoms with Gasteiger partial charge in [-0.25, -0.2) is 14.7 Å². The number of amides is 3. The van der Waals surface area contributed by atoms with E-state index in [1.165, 1.54) is 9.60 Å². The van der Waals surface area contributed by atoms with E-state index in [0.29, 0.717) is 6.67 Å². The van der Waals surface area contributed by atoms with E-state index in [1.54, 1.807) is 11.3 Å². The minimum Gasteiger partial charge on any atom is -0.323 e. The Kier molecular flexibility index (Phi) is 4.82. The fourth-order valence-electron chi connectivity index (χ4n) is 5.28. The van der Waals surface area contributed by atoms with Gasteiger partial charge in [0.15, 0.2) is 0 Å². The molecule has 3 atom stereocenters. The number of hydrogen-bond donors (Lipinski definition) is 1. The van der Waals surface area contributed by atoms with E-state index in [9.17, 15) is 9.59 Å². The second-order valence-electron chi connectivity index (χ2n) is 8.77. The van der Waals surface area contributed by atoms with Crippen LogP contribution in [0.4, 0.5) is 4.79 Å². The smallest absolute Gasteiger partial charge is 0.323 e. The van der Waals surface area contributed by atoms with Crippen molar-refractivity contribution >= 4 is 33.5 Å². The number of imide groups is 1. The summed E-state index contributed by atoms with van der Waals surface area (Å²) in [5.74, 6) is 0.169. The van der Waals surface area contributed by atoms with Crippen molar-refractivity contribution in [2.45, 2.75) is 63.5 Å². The number of hydrogen-bond acceptors (Lipinski definition) is 5. The average molecular weight is 413 g/mol. The van der Waals surface area contributed by atoms with E-state index in [-0.39, 0.29) is 23.9 Å². The van der Waals surface area contributed by atoms with E-state index in [2.05, 4.69) is 23.2 Å². The third-order valence-corrected chi connectivity index (χ3v) is 8.17. The van der Waals surface area contributed by atoms with Crippen LogP contribution in [0, 0.1) is 5.92 Å². The molecule has 1 N–H and O–H groups in total. The van der Waals surface area contributed by atoms with Gasteiger partial charge in [-0.1, -0.05) is 38.3 Å². The van der Waals surface area contributed by atoms with E-state index >= 15 is 0 Å². The lowest BCUT2D eigenvalue weighted by Gasteiger charge is -2.38. The lowest BCUT2D eigenvalue weighted by molar-refractivity contribution is -0.136. The largest absolute Gasteiger partial charge is 0.326 e. The quantitative estimate of drug-likeness (QED) is 0.764.